The van der Waals surface area contributed by atoms with Crippen molar-refractivity contribution in [2.24, 2.45) is 5.73 Å². The molecule has 0 bridgehead atoms. The predicted molar refractivity (Wildman–Crippen MR) is 65.7 cm³/mol. The highest BCUT2D eigenvalue weighted by Crippen LogP contribution is 2.21. The Hall–Kier alpha value is -2.64. The summed E-state index contributed by atoms with van der Waals surface area (Å²) in [7, 11) is 1.24. The molecule has 7 nitrogen and oxygen atoms in total. The van der Waals surface area contributed by atoms with Crippen LogP contribution in [0.4, 0.5) is 4.39 Å². The summed E-state index contributed by atoms with van der Waals surface area (Å²) in [6.07, 6.45) is -0.599. The Labute approximate surface area is 113 Å². The number of hydrogen-bond acceptors (Lipinski definition) is 4. The number of aliphatic carboxylic acids is 1. The second-order valence-corrected chi connectivity index (χ2v) is 3.85. The van der Waals surface area contributed by atoms with Crippen LogP contribution in [0.1, 0.15) is 16.8 Å². The maximum Gasteiger partial charge on any atom is 0.326 e. The maximum absolute atomic E-state index is 13.6. The number of carbonyl (C=O) groups is 3. The van der Waals surface area contributed by atoms with Gasteiger partial charge in [0.2, 0.25) is 5.91 Å². The molecule has 108 valence electrons. The Kier molecular flexibility index (Phi) is 5.01. The molecule has 1 rings (SSSR count). The lowest BCUT2D eigenvalue weighted by atomic mass is 10.1. The van der Waals surface area contributed by atoms with Gasteiger partial charge in [-0.1, -0.05) is 6.07 Å². The molecule has 0 fully saturated rings. The van der Waals surface area contributed by atoms with Gasteiger partial charge in [0.25, 0.3) is 5.91 Å². The van der Waals surface area contributed by atoms with Crippen molar-refractivity contribution in [3.8, 4) is 5.75 Å². The topological polar surface area (TPSA) is 119 Å². The molecule has 0 unspecified atom stereocenters. The van der Waals surface area contributed by atoms with Crippen molar-refractivity contribution in [3.63, 3.8) is 0 Å². The van der Waals surface area contributed by atoms with Gasteiger partial charge in [-0.05, 0) is 12.1 Å². The normalized spacial score (nSPS) is 11.5. The molecule has 0 spiro atoms. The average molecular weight is 284 g/mol. The fourth-order valence-electron chi connectivity index (χ4n) is 1.53. The number of hydrogen-bond donors (Lipinski definition) is 3. The van der Waals surface area contributed by atoms with Crippen molar-refractivity contribution in [2.75, 3.05) is 7.11 Å². The molecule has 1 aromatic rings. The minimum Gasteiger partial charge on any atom is -0.496 e. The molecule has 2 amide bonds. The van der Waals surface area contributed by atoms with Crippen molar-refractivity contribution >= 4 is 17.8 Å². The zero-order chi connectivity index (χ0) is 15.3. The van der Waals surface area contributed by atoms with Crippen LogP contribution in [0.15, 0.2) is 18.2 Å². The number of carbonyl (C=O) groups excluding carboxylic acids is 2. The van der Waals surface area contributed by atoms with Gasteiger partial charge >= 0.3 is 5.97 Å². The molecule has 20 heavy (non-hydrogen) atoms. The number of nitrogens with one attached hydrogen (secondary N) is 1. The number of amides is 2. The van der Waals surface area contributed by atoms with Crippen molar-refractivity contribution < 1.29 is 28.6 Å². The molecule has 0 radical (unpaired) electrons. The van der Waals surface area contributed by atoms with E-state index in [2.05, 4.69) is 0 Å². The van der Waals surface area contributed by atoms with E-state index in [1.807, 2.05) is 5.32 Å². The SMILES string of the molecule is COc1cccc(F)c1C(=O)N[C@H](CC(N)=O)C(=O)O. The molecule has 0 saturated heterocycles. The first-order chi connectivity index (χ1) is 9.36. The van der Waals surface area contributed by atoms with E-state index >= 15 is 0 Å². The van der Waals surface area contributed by atoms with Crippen LogP contribution in [0.3, 0.4) is 0 Å². The van der Waals surface area contributed by atoms with Crippen molar-refractivity contribution in [2.45, 2.75) is 12.5 Å². The zero-order valence-electron chi connectivity index (χ0n) is 10.6. The van der Waals surface area contributed by atoms with Crippen LogP contribution in [0.2, 0.25) is 0 Å². The summed E-state index contributed by atoms with van der Waals surface area (Å²) < 4.78 is 18.5. The third kappa shape index (κ3) is 3.67. The zero-order valence-corrected chi connectivity index (χ0v) is 10.6. The van der Waals surface area contributed by atoms with E-state index in [0.29, 0.717) is 0 Å². The number of nitrogens with two attached hydrogens (primary N) is 1. The third-order valence-corrected chi connectivity index (χ3v) is 2.43. The summed E-state index contributed by atoms with van der Waals surface area (Å²) in [5.74, 6) is -4.28. The lowest BCUT2D eigenvalue weighted by Gasteiger charge is -2.14. The fraction of sp³-hybridized carbons (Fsp3) is 0.250. The van der Waals surface area contributed by atoms with Gasteiger partial charge in [-0.3, -0.25) is 9.59 Å². The van der Waals surface area contributed by atoms with Crippen LogP contribution in [-0.2, 0) is 9.59 Å². The summed E-state index contributed by atoms with van der Waals surface area (Å²) in [5, 5.41) is 10.9. The van der Waals surface area contributed by atoms with Gasteiger partial charge in [0.15, 0.2) is 0 Å². The number of rotatable bonds is 6. The van der Waals surface area contributed by atoms with Crippen LogP contribution < -0.4 is 15.8 Å². The van der Waals surface area contributed by atoms with Crippen molar-refractivity contribution in [3.05, 3.63) is 29.6 Å². The standard InChI is InChI=1S/C12H13FN2O5/c1-20-8-4-2-3-6(13)10(8)11(17)15-7(12(18)19)5-9(14)16/h2-4,7H,5H2,1H3,(H2,14,16)(H,15,17)(H,18,19)/t7-/m1/s1. The number of ether oxygens (including phenoxy) is 1. The van der Waals surface area contributed by atoms with E-state index in [1.54, 1.807) is 0 Å². The van der Waals surface area contributed by atoms with Gasteiger partial charge in [0.1, 0.15) is 23.2 Å². The predicted octanol–water partition coefficient (Wildman–Crippen LogP) is -0.107. The van der Waals surface area contributed by atoms with E-state index in [9.17, 15) is 18.8 Å². The molecule has 0 aliphatic heterocycles. The number of benzene rings is 1. The van der Waals surface area contributed by atoms with Crippen LogP contribution in [0.25, 0.3) is 0 Å². The molecule has 0 saturated carbocycles. The number of carboxylic acid groups (broad SMARTS) is 1. The van der Waals surface area contributed by atoms with Gasteiger partial charge < -0.3 is 20.9 Å². The second kappa shape index (κ2) is 6.50. The van der Waals surface area contributed by atoms with Crippen molar-refractivity contribution in [1.82, 2.24) is 5.32 Å². The van der Waals surface area contributed by atoms with E-state index in [0.717, 1.165) is 6.07 Å². The maximum atomic E-state index is 13.6. The Bertz CT molecular complexity index is 547. The summed E-state index contributed by atoms with van der Waals surface area (Å²) in [5.41, 5.74) is 4.44. The summed E-state index contributed by atoms with van der Waals surface area (Å²) in [4.78, 5) is 33.5. The van der Waals surface area contributed by atoms with E-state index in [1.165, 1.54) is 19.2 Å². The van der Waals surface area contributed by atoms with E-state index in [4.69, 9.17) is 15.6 Å². The quantitative estimate of drug-likeness (QED) is 0.673. The minimum absolute atomic E-state index is 0.0503. The number of methoxy groups -OCH3 is 1. The molecule has 4 N–H and O–H groups in total. The molecular weight excluding hydrogens is 271 g/mol. The van der Waals surface area contributed by atoms with Gasteiger partial charge in [-0.25, -0.2) is 9.18 Å². The Morgan fingerprint density at radius 3 is 2.60 bits per heavy atom. The van der Waals surface area contributed by atoms with Crippen LogP contribution in [-0.4, -0.2) is 36.0 Å². The minimum atomic E-state index is -1.54. The van der Waals surface area contributed by atoms with E-state index < -0.39 is 41.6 Å². The highest BCUT2D eigenvalue weighted by atomic mass is 19.1. The molecular formula is C12H13FN2O5. The van der Waals surface area contributed by atoms with Crippen LogP contribution in [0.5, 0.6) is 5.75 Å². The number of primary amides is 1. The number of halogens is 1. The highest BCUT2D eigenvalue weighted by Gasteiger charge is 2.25. The average Bonchev–Trinajstić information content (AvgIpc) is 2.36. The summed E-state index contributed by atoms with van der Waals surface area (Å²) >= 11 is 0. The molecule has 0 aliphatic rings. The largest absolute Gasteiger partial charge is 0.496 e. The van der Waals surface area contributed by atoms with Gasteiger partial charge in [0.05, 0.1) is 13.5 Å². The van der Waals surface area contributed by atoms with Crippen LogP contribution >= 0.6 is 0 Å². The molecule has 0 aliphatic carbocycles. The Morgan fingerprint density at radius 2 is 2.10 bits per heavy atom. The first kappa shape index (κ1) is 15.4. The molecule has 0 heterocycles. The van der Waals surface area contributed by atoms with Gasteiger partial charge in [-0.15, -0.1) is 0 Å². The monoisotopic (exact) mass is 284 g/mol. The lowest BCUT2D eigenvalue weighted by Crippen LogP contribution is -2.43. The second-order valence-electron chi connectivity index (χ2n) is 3.85. The third-order valence-electron chi connectivity index (χ3n) is 2.43. The molecule has 1 aromatic carbocycles. The summed E-state index contributed by atoms with van der Waals surface area (Å²) in [6, 6.07) is 2.18. The van der Waals surface area contributed by atoms with Crippen molar-refractivity contribution in [1.29, 1.82) is 0 Å². The van der Waals surface area contributed by atoms with Crippen LogP contribution in [0, 0.1) is 5.82 Å². The Balaban J connectivity index is 3.00. The molecule has 1 atom stereocenters. The lowest BCUT2D eigenvalue weighted by molar-refractivity contribution is -0.140. The molecule has 0 aromatic heterocycles. The first-order valence-electron chi connectivity index (χ1n) is 5.51. The molecule has 8 heteroatoms. The number of carboxylic acids is 1. The highest BCUT2D eigenvalue weighted by molar-refractivity contribution is 5.99. The smallest absolute Gasteiger partial charge is 0.326 e. The van der Waals surface area contributed by atoms with Gasteiger partial charge in [-0.2, -0.15) is 0 Å². The fourth-order valence-corrected chi connectivity index (χ4v) is 1.53. The first-order valence-corrected chi connectivity index (χ1v) is 5.51. The Morgan fingerprint density at radius 1 is 1.45 bits per heavy atom. The van der Waals surface area contributed by atoms with Gasteiger partial charge in [0, 0.05) is 0 Å². The van der Waals surface area contributed by atoms with E-state index in [-0.39, 0.29) is 5.75 Å². The summed E-state index contributed by atoms with van der Waals surface area (Å²) in [6.45, 7) is 0.